The zero-order valence-electron chi connectivity index (χ0n) is 14.6. The summed E-state index contributed by atoms with van der Waals surface area (Å²) in [5.74, 6) is 0.153. The lowest BCUT2D eigenvalue weighted by Crippen LogP contribution is -2.24. The third-order valence-corrected chi connectivity index (χ3v) is 4.99. The predicted octanol–water partition coefficient (Wildman–Crippen LogP) is 4.84. The summed E-state index contributed by atoms with van der Waals surface area (Å²) in [5, 5.41) is 3.59. The van der Waals surface area contributed by atoms with Gasteiger partial charge in [-0.25, -0.2) is 18.7 Å². The molecule has 0 amide bonds. The first kappa shape index (κ1) is 18.0. The third-order valence-electron chi connectivity index (χ3n) is 4.75. The van der Waals surface area contributed by atoms with E-state index in [1.807, 2.05) is 18.3 Å². The molecule has 0 aliphatic carbocycles. The lowest BCUT2D eigenvalue weighted by Gasteiger charge is -2.16. The van der Waals surface area contributed by atoms with Gasteiger partial charge in [0.2, 0.25) is 0 Å². The second-order valence-electron chi connectivity index (χ2n) is 6.62. The Balaban J connectivity index is 1.51. The maximum atomic E-state index is 14.6. The summed E-state index contributed by atoms with van der Waals surface area (Å²) >= 11 is 5.74. The van der Waals surface area contributed by atoms with Crippen molar-refractivity contribution in [2.24, 2.45) is 0 Å². The molecule has 0 fully saturated rings. The van der Waals surface area contributed by atoms with E-state index in [1.165, 1.54) is 12.1 Å². The summed E-state index contributed by atoms with van der Waals surface area (Å²) in [6.07, 6.45) is 1.39. The molecule has 1 atom stereocenters. The molecule has 3 aromatic rings. The van der Waals surface area contributed by atoms with Crippen molar-refractivity contribution < 1.29 is 8.78 Å². The fourth-order valence-electron chi connectivity index (χ4n) is 3.21. The smallest absolute Gasteiger partial charge is 0.159 e. The fraction of sp³-hybridized carbons (Fsp3) is 0.238. The molecular formula is C21H18ClF2N3. The van der Waals surface area contributed by atoms with Gasteiger partial charge in [0.25, 0.3) is 0 Å². The summed E-state index contributed by atoms with van der Waals surface area (Å²) in [7, 11) is 0. The molecule has 1 aromatic heterocycles. The van der Waals surface area contributed by atoms with Crippen LogP contribution in [0.2, 0.25) is 5.02 Å². The average Bonchev–Trinajstić information content (AvgIpc) is 2.70. The van der Waals surface area contributed by atoms with E-state index in [9.17, 15) is 8.78 Å². The summed E-state index contributed by atoms with van der Waals surface area (Å²) in [5.41, 5.74) is 3.82. The van der Waals surface area contributed by atoms with E-state index in [4.69, 9.17) is 11.6 Å². The van der Waals surface area contributed by atoms with Crippen molar-refractivity contribution in [3.05, 3.63) is 81.9 Å². The van der Waals surface area contributed by atoms with Gasteiger partial charge in [-0.2, -0.15) is 0 Å². The van der Waals surface area contributed by atoms with Crippen LogP contribution in [0.15, 0.2) is 48.7 Å². The topological polar surface area (TPSA) is 37.8 Å². The lowest BCUT2D eigenvalue weighted by atomic mass is 10.0. The highest BCUT2D eigenvalue weighted by atomic mass is 35.5. The van der Waals surface area contributed by atoms with Crippen LogP contribution in [0.4, 0.5) is 8.78 Å². The van der Waals surface area contributed by atoms with E-state index in [0.29, 0.717) is 22.0 Å². The predicted molar refractivity (Wildman–Crippen MR) is 102 cm³/mol. The average molecular weight is 386 g/mol. The molecular weight excluding hydrogens is 368 g/mol. The SMILES string of the molecule is Fc1cc(Cl)ccc1CC(F)c1ccc(-c2ncc3c(n2)CCNC3)cc1. The van der Waals surface area contributed by atoms with Crippen LogP contribution in [0, 0.1) is 5.82 Å². The number of alkyl halides is 1. The zero-order chi connectivity index (χ0) is 18.8. The minimum absolute atomic E-state index is 0.0370. The zero-order valence-corrected chi connectivity index (χ0v) is 15.3. The Kier molecular flexibility index (Phi) is 5.14. The molecule has 1 unspecified atom stereocenters. The minimum Gasteiger partial charge on any atom is -0.312 e. The van der Waals surface area contributed by atoms with Gasteiger partial charge in [-0.1, -0.05) is 41.9 Å². The highest BCUT2D eigenvalue weighted by Crippen LogP contribution is 2.27. The number of nitrogens with zero attached hydrogens (tertiary/aromatic N) is 2. The minimum atomic E-state index is -1.30. The molecule has 2 aromatic carbocycles. The maximum Gasteiger partial charge on any atom is 0.159 e. The largest absolute Gasteiger partial charge is 0.312 e. The number of fused-ring (bicyclic) bond motifs is 1. The molecule has 0 radical (unpaired) electrons. The van der Waals surface area contributed by atoms with Crippen LogP contribution < -0.4 is 5.32 Å². The van der Waals surface area contributed by atoms with Crippen molar-refractivity contribution in [3.63, 3.8) is 0 Å². The van der Waals surface area contributed by atoms with Crippen molar-refractivity contribution in [2.45, 2.75) is 25.6 Å². The van der Waals surface area contributed by atoms with Gasteiger partial charge >= 0.3 is 0 Å². The first-order chi connectivity index (χ1) is 13.1. The number of halogens is 3. The van der Waals surface area contributed by atoms with Crippen LogP contribution in [0.3, 0.4) is 0 Å². The number of aromatic nitrogens is 2. The van der Waals surface area contributed by atoms with E-state index >= 15 is 0 Å². The first-order valence-electron chi connectivity index (χ1n) is 8.84. The molecule has 138 valence electrons. The standard InChI is InChI=1S/C21H18ClF2N3/c22-17-6-5-15(19(24)10-17)9-18(23)13-1-3-14(4-2-13)21-26-12-16-11-25-8-7-20(16)27-21/h1-6,10,12,18,25H,7-9,11H2. The summed E-state index contributed by atoms with van der Waals surface area (Å²) in [6, 6.07) is 11.3. The molecule has 1 aliphatic heterocycles. The van der Waals surface area contributed by atoms with Crippen molar-refractivity contribution in [1.29, 1.82) is 0 Å². The Bertz CT molecular complexity index is 960. The fourth-order valence-corrected chi connectivity index (χ4v) is 3.37. The monoisotopic (exact) mass is 385 g/mol. The second kappa shape index (κ2) is 7.71. The van der Waals surface area contributed by atoms with E-state index in [0.717, 1.165) is 36.3 Å². The van der Waals surface area contributed by atoms with E-state index in [1.54, 1.807) is 18.2 Å². The normalized spacial score (nSPS) is 14.6. The number of hydrogen-bond acceptors (Lipinski definition) is 3. The third kappa shape index (κ3) is 3.99. The highest BCUT2D eigenvalue weighted by Gasteiger charge is 2.16. The maximum absolute atomic E-state index is 14.6. The van der Waals surface area contributed by atoms with Crippen molar-refractivity contribution >= 4 is 11.6 Å². The first-order valence-corrected chi connectivity index (χ1v) is 9.22. The van der Waals surface area contributed by atoms with Crippen molar-refractivity contribution in [3.8, 4) is 11.4 Å². The van der Waals surface area contributed by atoms with E-state index in [-0.39, 0.29) is 6.42 Å². The molecule has 4 rings (SSSR count). The van der Waals surface area contributed by atoms with Gasteiger partial charge in [0.1, 0.15) is 12.0 Å². The molecule has 0 spiro atoms. The molecule has 1 N–H and O–H groups in total. The van der Waals surface area contributed by atoms with Crippen LogP contribution in [0.5, 0.6) is 0 Å². The Hall–Kier alpha value is -2.37. The number of rotatable bonds is 4. The summed E-state index contributed by atoms with van der Waals surface area (Å²) in [4.78, 5) is 9.06. The highest BCUT2D eigenvalue weighted by molar-refractivity contribution is 6.30. The summed E-state index contributed by atoms with van der Waals surface area (Å²) in [6.45, 7) is 1.70. The van der Waals surface area contributed by atoms with Gasteiger partial charge in [0.15, 0.2) is 5.82 Å². The van der Waals surface area contributed by atoms with E-state index < -0.39 is 12.0 Å². The quantitative estimate of drug-likeness (QED) is 0.698. The van der Waals surface area contributed by atoms with Gasteiger partial charge in [-0.15, -0.1) is 0 Å². The van der Waals surface area contributed by atoms with Crippen LogP contribution in [0.25, 0.3) is 11.4 Å². The number of nitrogens with one attached hydrogen (secondary N) is 1. The van der Waals surface area contributed by atoms with Crippen LogP contribution in [-0.2, 0) is 19.4 Å². The van der Waals surface area contributed by atoms with Crippen LogP contribution in [0.1, 0.15) is 28.6 Å². The lowest BCUT2D eigenvalue weighted by molar-refractivity contribution is 0.338. The molecule has 0 bridgehead atoms. The van der Waals surface area contributed by atoms with Gasteiger partial charge < -0.3 is 5.32 Å². The Morgan fingerprint density at radius 1 is 1.15 bits per heavy atom. The Morgan fingerprint density at radius 2 is 1.96 bits per heavy atom. The Labute approximate surface area is 161 Å². The summed E-state index contributed by atoms with van der Waals surface area (Å²) < 4.78 is 28.5. The number of hydrogen-bond donors (Lipinski definition) is 1. The van der Waals surface area contributed by atoms with Gasteiger partial charge in [-0.05, 0) is 23.3 Å². The molecule has 0 saturated heterocycles. The Morgan fingerprint density at radius 3 is 2.74 bits per heavy atom. The molecule has 6 heteroatoms. The van der Waals surface area contributed by atoms with Gasteiger partial charge in [0.05, 0.1) is 5.69 Å². The van der Waals surface area contributed by atoms with E-state index in [2.05, 4.69) is 15.3 Å². The van der Waals surface area contributed by atoms with Crippen molar-refractivity contribution in [1.82, 2.24) is 15.3 Å². The van der Waals surface area contributed by atoms with Gasteiger partial charge in [0, 0.05) is 48.3 Å². The molecule has 1 aliphatic rings. The number of benzene rings is 2. The van der Waals surface area contributed by atoms with Crippen molar-refractivity contribution in [2.75, 3.05) is 6.54 Å². The molecule has 2 heterocycles. The van der Waals surface area contributed by atoms with Crippen LogP contribution in [-0.4, -0.2) is 16.5 Å². The van der Waals surface area contributed by atoms with Crippen LogP contribution >= 0.6 is 11.6 Å². The molecule has 0 saturated carbocycles. The second-order valence-corrected chi connectivity index (χ2v) is 7.06. The molecule has 27 heavy (non-hydrogen) atoms. The van der Waals surface area contributed by atoms with Gasteiger partial charge in [-0.3, -0.25) is 0 Å². The molecule has 3 nitrogen and oxygen atoms in total.